The van der Waals surface area contributed by atoms with Crippen molar-refractivity contribution in [1.29, 1.82) is 0 Å². The molecule has 1 amide bonds. The monoisotopic (exact) mass is 289 g/mol. The molecule has 1 fully saturated rings. The molecule has 4 nitrogen and oxygen atoms in total. The van der Waals surface area contributed by atoms with Crippen molar-refractivity contribution in [3.8, 4) is 0 Å². The van der Waals surface area contributed by atoms with Crippen LogP contribution in [-0.4, -0.2) is 55.5 Å². The van der Waals surface area contributed by atoms with Crippen molar-refractivity contribution >= 4 is 11.6 Å². The predicted octanol–water partition coefficient (Wildman–Crippen LogP) is 2.67. The van der Waals surface area contributed by atoms with Gasteiger partial charge in [-0.2, -0.15) is 0 Å². The Balaban J connectivity index is 1.92. The Kier molecular flexibility index (Phi) is 5.62. The predicted molar refractivity (Wildman–Crippen MR) is 87.8 cm³/mol. The molecular weight excluding hydrogens is 262 g/mol. The van der Waals surface area contributed by atoms with E-state index in [0.717, 1.165) is 37.3 Å². The average Bonchev–Trinajstić information content (AvgIpc) is 2.90. The number of hydrogen-bond acceptors (Lipinski definition) is 3. The summed E-state index contributed by atoms with van der Waals surface area (Å²) in [6.07, 6.45) is 3.52. The van der Waals surface area contributed by atoms with Crippen molar-refractivity contribution in [1.82, 2.24) is 9.80 Å². The van der Waals surface area contributed by atoms with Crippen molar-refractivity contribution in [3.05, 3.63) is 29.8 Å². The van der Waals surface area contributed by atoms with Crippen LogP contribution in [0, 0.1) is 0 Å². The summed E-state index contributed by atoms with van der Waals surface area (Å²) in [7, 11) is 4.04. The molecule has 1 aliphatic rings. The maximum atomic E-state index is 12.5. The third-order valence-corrected chi connectivity index (χ3v) is 4.21. The van der Waals surface area contributed by atoms with Crippen molar-refractivity contribution in [2.75, 3.05) is 39.0 Å². The number of nitrogens with zero attached hydrogens (tertiary/aromatic N) is 2. The highest BCUT2D eigenvalue weighted by molar-refractivity contribution is 5.94. The summed E-state index contributed by atoms with van der Waals surface area (Å²) in [5, 5.41) is 3.32. The van der Waals surface area contributed by atoms with E-state index in [1.54, 1.807) is 0 Å². The summed E-state index contributed by atoms with van der Waals surface area (Å²) in [5.74, 6) is 0.109. The Labute approximate surface area is 128 Å². The molecule has 0 spiro atoms. The van der Waals surface area contributed by atoms with E-state index in [-0.39, 0.29) is 5.91 Å². The standard InChI is InChI=1S/C17H27N3O/c1-4-11-18-15-9-7-14(8-10-15)17(21)20(3)13-16-6-5-12-19(16)2/h7-10,16,18H,4-6,11-13H2,1-3H3. The zero-order valence-corrected chi connectivity index (χ0v) is 13.4. The molecule has 1 aromatic carbocycles. The van der Waals surface area contributed by atoms with Crippen molar-refractivity contribution in [3.63, 3.8) is 0 Å². The van der Waals surface area contributed by atoms with E-state index in [9.17, 15) is 4.79 Å². The van der Waals surface area contributed by atoms with Gasteiger partial charge < -0.3 is 15.1 Å². The second-order valence-corrected chi connectivity index (χ2v) is 5.97. The minimum Gasteiger partial charge on any atom is -0.385 e. The molecule has 21 heavy (non-hydrogen) atoms. The van der Waals surface area contributed by atoms with Crippen molar-refractivity contribution < 1.29 is 4.79 Å². The highest BCUT2D eigenvalue weighted by Gasteiger charge is 2.24. The molecule has 1 aromatic rings. The number of carbonyl (C=O) groups excluding carboxylic acids is 1. The molecule has 0 aromatic heterocycles. The van der Waals surface area contributed by atoms with Gasteiger partial charge >= 0.3 is 0 Å². The minimum absolute atomic E-state index is 0.109. The number of nitrogens with one attached hydrogen (secondary N) is 1. The molecule has 0 radical (unpaired) electrons. The molecule has 1 aliphatic heterocycles. The topological polar surface area (TPSA) is 35.6 Å². The van der Waals surface area contributed by atoms with E-state index in [1.165, 1.54) is 12.8 Å². The normalized spacial score (nSPS) is 18.7. The summed E-state index contributed by atoms with van der Waals surface area (Å²) in [6, 6.07) is 8.30. The summed E-state index contributed by atoms with van der Waals surface area (Å²) in [4.78, 5) is 16.6. The van der Waals surface area contributed by atoms with Gasteiger partial charge in [-0.3, -0.25) is 4.79 Å². The van der Waals surface area contributed by atoms with Gasteiger partial charge in [-0.1, -0.05) is 6.92 Å². The highest BCUT2D eigenvalue weighted by atomic mass is 16.2. The average molecular weight is 289 g/mol. The fraction of sp³-hybridized carbons (Fsp3) is 0.588. The Hall–Kier alpha value is -1.55. The first kappa shape index (κ1) is 15.8. The minimum atomic E-state index is 0.109. The van der Waals surface area contributed by atoms with Crippen LogP contribution in [0.2, 0.25) is 0 Å². The van der Waals surface area contributed by atoms with Crippen LogP contribution in [0.3, 0.4) is 0 Å². The summed E-state index contributed by atoms with van der Waals surface area (Å²) >= 11 is 0. The largest absolute Gasteiger partial charge is 0.385 e. The molecule has 0 aliphatic carbocycles. The number of likely N-dealkylation sites (N-methyl/N-ethyl adjacent to an activating group) is 2. The molecule has 116 valence electrons. The van der Waals surface area contributed by atoms with Crippen LogP contribution < -0.4 is 5.32 Å². The van der Waals surface area contributed by atoms with Gasteiger partial charge in [-0.15, -0.1) is 0 Å². The van der Waals surface area contributed by atoms with Crippen LogP contribution in [-0.2, 0) is 0 Å². The van der Waals surface area contributed by atoms with E-state index in [0.29, 0.717) is 6.04 Å². The van der Waals surface area contributed by atoms with Gasteiger partial charge in [0.15, 0.2) is 0 Å². The Bertz CT molecular complexity index is 458. The van der Waals surface area contributed by atoms with Gasteiger partial charge in [-0.25, -0.2) is 0 Å². The van der Waals surface area contributed by atoms with Gasteiger partial charge in [0, 0.05) is 37.4 Å². The lowest BCUT2D eigenvalue weighted by atomic mass is 10.1. The molecule has 0 bridgehead atoms. The summed E-state index contributed by atoms with van der Waals surface area (Å²) in [5.41, 5.74) is 1.84. The molecule has 1 unspecified atom stereocenters. The van der Waals surface area contributed by atoms with Gasteiger partial charge in [-0.05, 0) is 57.1 Å². The SMILES string of the molecule is CCCNc1ccc(C(=O)N(C)CC2CCCN2C)cc1. The third-order valence-electron chi connectivity index (χ3n) is 4.21. The quantitative estimate of drug-likeness (QED) is 0.874. The van der Waals surface area contributed by atoms with E-state index in [4.69, 9.17) is 0 Å². The maximum Gasteiger partial charge on any atom is 0.253 e. The molecule has 1 atom stereocenters. The molecule has 1 heterocycles. The number of amides is 1. The van der Waals surface area contributed by atoms with E-state index < -0.39 is 0 Å². The fourth-order valence-electron chi connectivity index (χ4n) is 2.83. The van der Waals surface area contributed by atoms with Crippen LogP contribution in [0.4, 0.5) is 5.69 Å². The third kappa shape index (κ3) is 4.21. The van der Waals surface area contributed by atoms with E-state index in [1.807, 2.05) is 36.2 Å². The fourth-order valence-corrected chi connectivity index (χ4v) is 2.83. The number of benzene rings is 1. The lowest BCUT2D eigenvalue weighted by Gasteiger charge is -2.26. The lowest BCUT2D eigenvalue weighted by molar-refractivity contribution is 0.0761. The zero-order valence-electron chi connectivity index (χ0n) is 13.4. The molecule has 1 saturated heterocycles. The smallest absolute Gasteiger partial charge is 0.253 e. The number of carbonyl (C=O) groups is 1. The number of likely N-dealkylation sites (tertiary alicyclic amines) is 1. The zero-order chi connectivity index (χ0) is 15.2. The summed E-state index contributed by atoms with van der Waals surface area (Å²) < 4.78 is 0. The van der Waals surface area contributed by atoms with Crippen LogP contribution in [0.1, 0.15) is 36.5 Å². The van der Waals surface area contributed by atoms with Crippen LogP contribution in [0.5, 0.6) is 0 Å². The summed E-state index contributed by atoms with van der Waals surface area (Å²) in [6.45, 7) is 5.05. The van der Waals surface area contributed by atoms with Gasteiger partial charge in [0.05, 0.1) is 0 Å². The number of rotatable bonds is 6. The number of hydrogen-bond donors (Lipinski definition) is 1. The Morgan fingerprint density at radius 1 is 1.38 bits per heavy atom. The molecular formula is C17H27N3O. The lowest BCUT2D eigenvalue weighted by Crippen LogP contribution is -2.39. The van der Waals surface area contributed by atoms with E-state index in [2.05, 4.69) is 24.2 Å². The van der Waals surface area contributed by atoms with Crippen molar-refractivity contribution in [2.24, 2.45) is 0 Å². The maximum absolute atomic E-state index is 12.5. The number of anilines is 1. The van der Waals surface area contributed by atoms with Gasteiger partial charge in [0.2, 0.25) is 0 Å². The Morgan fingerprint density at radius 3 is 2.67 bits per heavy atom. The highest BCUT2D eigenvalue weighted by Crippen LogP contribution is 2.17. The molecule has 0 saturated carbocycles. The van der Waals surface area contributed by atoms with Gasteiger partial charge in [0.25, 0.3) is 5.91 Å². The first-order valence-electron chi connectivity index (χ1n) is 7.91. The van der Waals surface area contributed by atoms with Gasteiger partial charge in [0.1, 0.15) is 0 Å². The van der Waals surface area contributed by atoms with Crippen LogP contribution in [0.15, 0.2) is 24.3 Å². The van der Waals surface area contributed by atoms with Crippen molar-refractivity contribution in [2.45, 2.75) is 32.2 Å². The van der Waals surface area contributed by atoms with E-state index >= 15 is 0 Å². The second-order valence-electron chi connectivity index (χ2n) is 5.97. The molecule has 4 heteroatoms. The molecule has 1 N–H and O–H groups in total. The first-order valence-corrected chi connectivity index (χ1v) is 7.91. The van der Waals surface area contributed by atoms with Crippen LogP contribution in [0.25, 0.3) is 0 Å². The first-order chi connectivity index (χ1) is 10.1. The van der Waals surface area contributed by atoms with Crippen LogP contribution >= 0.6 is 0 Å². The Morgan fingerprint density at radius 2 is 2.10 bits per heavy atom. The molecule has 2 rings (SSSR count). The second kappa shape index (κ2) is 7.46.